The molecule has 0 fully saturated rings. The van der Waals surface area contributed by atoms with E-state index in [0.29, 0.717) is 11.5 Å². The van der Waals surface area contributed by atoms with Crippen LogP contribution in [0, 0.1) is 5.82 Å². The molecule has 3 heterocycles. The molecule has 0 radical (unpaired) electrons. The number of primary amides is 1. The largest absolute Gasteiger partial charge is 0.449 e. The molecule has 0 aliphatic rings. The monoisotopic (exact) mass is 365 g/mol. The van der Waals surface area contributed by atoms with E-state index in [1.165, 1.54) is 18.2 Å². The van der Waals surface area contributed by atoms with Crippen LogP contribution in [0.2, 0.25) is 0 Å². The van der Waals surface area contributed by atoms with Gasteiger partial charge in [-0.1, -0.05) is 6.07 Å². The number of furan rings is 2. The van der Waals surface area contributed by atoms with Gasteiger partial charge in [0.15, 0.2) is 11.5 Å². The maximum absolute atomic E-state index is 13.6. The van der Waals surface area contributed by atoms with Gasteiger partial charge in [-0.15, -0.1) is 0 Å². The van der Waals surface area contributed by atoms with Crippen molar-refractivity contribution in [3.8, 4) is 11.5 Å². The zero-order chi connectivity index (χ0) is 19.0. The minimum Gasteiger partial charge on any atom is -0.449 e. The minimum atomic E-state index is -0.893. The molecule has 3 N–H and O–H groups in total. The average Bonchev–Trinajstić information content (AvgIpc) is 3.28. The van der Waals surface area contributed by atoms with Crippen LogP contribution in [-0.2, 0) is 0 Å². The number of nitrogens with one attached hydrogen (secondary N) is 1. The Kier molecular flexibility index (Phi) is 3.92. The number of benzene rings is 1. The molecule has 8 heteroatoms. The van der Waals surface area contributed by atoms with Gasteiger partial charge in [0.1, 0.15) is 22.8 Å². The van der Waals surface area contributed by atoms with Gasteiger partial charge in [0.25, 0.3) is 11.8 Å². The number of halogens is 1. The maximum Gasteiger partial charge on any atom is 0.291 e. The number of hydrogen-bond acceptors (Lipinski definition) is 5. The Labute approximate surface area is 151 Å². The Hall–Kier alpha value is -3.94. The van der Waals surface area contributed by atoms with Crippen LogP contribution in [-0.4, -0.2) is 16.8 Å². The summed E-state index contributed by atoms with van der Waals surface area (Å²) in [5.74, 6) is -1.98. The summed E-state index contributed by atoms with van der Waals surface area (Å²) in [5, 5.41) is 2.73. The third-order valence-electron chi connectivity index (χ3n) is 3.86. The van der Waals surface area contributed by atoms with Gasteiger partial charge in [-0.2, -0.15) is 0 Å². The molecular formula is C19H12FN3O4. The van der Waals surface area contributed by atoms with E-state index in [9.17, 15) is 14.0 Å². The first kappa shape index (κ1) is 16.5. The number of rotatable bonds is 4. The smallest absolute Gasteiger partial charge is 0.291 e. The zero-order valence-corrected chi connectivity index (χ0v) is 13.7. The topological polar surface area (TPSA) is 111 Å². The summed E-state index contributed by atoms with van der Waals surface area (Å²) in [4.78, 5) is 28.3. The molecule has 0 saturated carbocycles. The van der Waals surface area contributed by atoms with Crippen LogP contribution < -0.4 is 11.1 Å². The van der Waals surface area contributed by atoms with Crippen molar-refractivity contribution in [3.05, 3.63) is 72.1 Å². The van der Waals surface area contributed by atoms with Crippen LogP contribution in [0.4, 0.5) is 10.1 Å². The molecule has 27 heavy (non-hydrogen) atoms. The van der Waals surface area contributed by atoms with Crippen LogP contribution in [0.3, 0.4) is 0 Å². The number of anilines is 1. The summed E-state index contributed by atoms with van der Waals surface area (Å²) >= 11 is 0. The summed E-state index contributed by atoms with van der Waals surface area (Å²) in [6.07, 6.45) is 1.60. The summed E-state index contributed by atoms with van der Waals surface area (Å²) in [7, 11) is 0. The third-order valence-corrected chi connectivity index (χ3v) is 3.86. The van der Waals surface area contributed by atoms with E-state index in [2.05, 4.69) is 10.3 Å². The Morgan fingerprint density at radius 3 is 2.67 bits per heavy atom. The Bertz CT molecular complexity index is 1160. The lowest BCUT2D eigenvalue weighted by Gasteiger charge is -2.03. The highest BCUT2D eigenvalue weighted by Crippen LogP contribution is 2.32. The molecule has 3 aromatic heterocycles. The van der Waals surface area contributed by atoms with Crippen LogP contribution in [0.25, 0.3) is 22.4 Å². The number of pyridine rings is 1. The van der Waals surface area contributed by atoms with Crippen molar-refractivity contribution < 1.29 is 22.8 Å². The second-order valence-electron chi connectivity index (χ2n) is 5.64. The second-order valence-corrected chi connectivity index (χ2v) is 5.64. The number of amides is 2. The molecular weight excluding hydrogens is 353 g/mol. The van der Waals surface area contributed by atoms with Gasteiger partial charge in [-0.25, -0.2) is 4.39 Å². The third kappa shape index (κ3) is 3.04. The van der Waals surface area contributed by atoms with E-state index in [1.807, 2.05) is 0 Å². The Morgan fingerprint density at radius 1 is 1.07 bits per heavy atom. The zero-order valence-electron chi connectivity index (χ0n) is 13.7. The minimum absolute atomic E-state index is 0.0159. The number of hydrogen-bond donors (Lipinski definition) is 2. The molecule has 0 aliphatic carbocycles. The van der Waals surface area contributed by atoms with E-state index in [4.69, 9.17) is 14.6 Å². The predicted octanol–water partition coefficient (Wildman–Crippen LogP) is 3.58. The van der Waals surface area contributed by atoms with Gasteiger partial charge in [-0.3, -0.25) is 14.6 Å². The highest BCUT2D eigenvalue weighted by atomic mass is 19.1. The fraction of sp³-hybridized carbons (Fsp3) is 0. The van der Waals surface area contributed by atoms with Crippen molar-refractivity contribution in [3.63, 3.8) is 0 Å². The summed E-state index contributed by atoms with van der Waals surface area (Å²) in [6.45, 7) is 0. The molecule has 4 rings (SSSR count). The van der Waals surface area contributed by atoms with Crippen molar-refractivity contribution in [2.45, 2.75) is 0 Å². The average molecular weight is 365 g/mol. The quantitative estimate of drug-likeness (QED) is 0.574. The van der Waals surface area contributed by atoms with Crippen LogP contribution in [0.5, 0.6) is 0 Å². The van der Waals surface area contributed by atoms with Gasteiger partial charge >= 0.3 is 0 Å². The molecule has 4 aromatic rings. The van der Waals surface area contributed by atoms with Gasteiger partial charge in [-0.05, 0) is 42.5 Å². The molecule has 0 bridgehead atoms. The van der Waals surface area contributed by atoms with Crippen molar-refractivity contribution >= 4 is 28.5 Å². The Morgan fingerprint density at radius 2 is 1.93 bits per heavy atom. The number of carbonyl (C=O) groups is 2. The SMILES string of the molecule is NC(=O)c1oc2ccc(F)cc2c1NC(=O)c1ccc(-c2ccccn2)o1. The van der Waals surface area contributed by atoms with Crippen LogP contribution in [0.1, 0.15) is 21.1 Å². The lowest BCUT2D eigenvalue weighted by atomic mass is 10.2. The second kappa shape index (κ2) is 6.41. The number of aromatic nitrogens is 1. The molecule has 7 nitrogen and oxygen atoms in total. The lowest BCUT2D eigenvalue weighted by Crippen LogP contribution is -2.16. The molecule has 0 saturated heterocycles. The number of carbonyl (C=O) groups excluding carboxylic acids is 2. The lowest BCUT2D eigenvalue weighted by molar-refractivity contribution is 0.0977. The van der Waals surface area contributed by atoms with Crippen molar-refractivity contribution in [2.24, 2.45) is 5.73 Å². The van der Waals surface area contributed by atoms with Gasteiger partial charge in [0, 0.05) is 11.6 Å². The molecule has 2 amide bonds. The van der Waals surface area contributed by atoms with Crippen molar-refractivity contribution in [1.82, 2.24) is 4.98 Å². The molecule has 0 aliphatic heterocycles. The van der Waals surface area contributed by atoms with E-state index < -0.39 is 17.6 Å². The van der Waals surface area contributed by atoms with Gasteiger partial charge < -0.3 is 19.9 Å². The van der Waals surface area contributed by atoms with Crippen LogP contribution in [0.15, 0.2) is 63.6 Å². The highest BCUT2D eigenvalue weighted by molar-refractivity contribution is 6.13. The summed E-state index contributed by atoms with van der Waals surface area (Å²) < 4.78 is 24.4. The molecule has 134 valence electrons. The fourth-order valence-electron chi connectivity index (χ4n) is 2.65. The van der Waals surface area contributed by atoms with Gasteiger partial charge in [0.2, 0.25) is 5.76 Å². The highest BCUT2D eigenvalue weighted by Gasteiger charge is 2.23. The standard InChI is InChI=1S/C19H12FN3O4/c20-10-4-5-13-11(9-10)16(17(27-13)18(21)24)23-19(25)15-7-6-14(26-15)12-3-1-2-8-22-12/h1-9H,(H2,21,24)(H,23,25). The van der Waals surface area contributed by atoms with Crippen LogP contribution >= 0.6 is 0 Å². The normalized spacial score (nSPS) is 10.9. The fourth-order valence-corrected chi connectivity index (χ4v) is 2.65. The molecule has 0 unspecified atom stereocenters. The van der Waals surface area contributed by atoms with E-state index in [-0.39, 0.29) is 28.2 Å². The van der Waals surface area contributed by atoms with E-state index >= 15 is 0 Å². The van der Waals surface area contributed by atoms with Crippen molar-refractivity contribution in [1.29, 1.82) is 0 Å². The van der Waals surface area contributed by atoms with Gasteiger partial charge in [0.05, 0.1) is 0 Å². The first-order valence-corrected chi connectivity index (χ1v) is 7.87. The number of nitrogens with zero attached hydrogens (tertiary/aromatic N) is 1. The number of fused-ring (bicyclic) bond motifs is 1. The summed E-state index contributed by atoms with van der Waals surface area (Å²) in [6, 6.07) is 12.0. The van der Waals surface area contributed by atoms with Crippen molar-refractivity contribution in [2.75, 3.05) is 5.32 Å². The molecule has 0 spiro atoms. The van der Waals surface area contributed by atoms with E-state index in [0.717, 1.165) is 6.07 Å². The molecule has 1 aromatic carbocycles. The predicted molar refractivity (Wildman–Crippen MR) is 94.6 cm³/mol. The molecule has 0 atom stereocenters. The first-order chi connectivity index (χ1) is 13.0. The maximum atomic E-state index is 13.6. The summed E-state index contributed by atoms with van der Waals surface area (Å²) in [5.41, 5.74) is 6.06. The Balaban J connectivity index is 1.69. The van der Waals surface area contributed by atoms with E-state index in [1.54, 1.807) is 30.5 Å². The number of nitrogens with two attached hydrogens (primary N) is 1. The first-order valence-electron chi connectivity index (χ1n) is 7.87.